The van der Waals surface area contributed by atoms with Crippen LogP contribution in [-0.2, 0) is 11.2 Å². The first-order valence-electron chi connectivity index (χ1n) is 5.94. The number of benzene rings is 1. The summed E-state index contributed by atoms with van der Waals surface area (Å²) in [5.74, 6) is 0.113. The molecule has 0 aromatic heterocycles. The van der Waals surface area contributed by atoms with E-state index in [0.29, 0.717) is 13.0 Å². The van der Waals surface area contributed by atoms with E-state index in [9.17, 15) is 4.79 Å². The van der Waals surface area contributed by atoms with Gasteiger partial charge < -0.3 is 11.1 Å². The number of anilines is 1. The molecule has 0 heterocycles. The van der Waals surface area contributed by atoms with Crippen LogP contribution < -0.4 is 11.1 Å². The van der Waals surface area contributed by atoms with Crippen molar-refractivity contribution in [2.45, 2.75) is 25.7 Å². The molecule has 0 aliphatic carbocycles. The van der Waals surface area contributed by atoms with Crippen LogP contribution in [0, 0.1) is 0 Å². The van der Waals surface area contributed by atoms with Gasteiger partial charge in [0.15, 0.2) is 0 Å². The SMILES string of the molecule is C=CCCCC(=O)NCCc1ccc(N)cc1.Cl.Cl. The lowest BCUT2D eigenvalue weighted by Gasteiger charge is -2.05. The highest BCUT2D eigenvalue weighted by Crippen LogP contribution is 2.05. The monoisotopic (exact) mass is 304 g/mol. The molecule has 108 valence electrons. The molecule has 1 rings (SSSR count). The summed E-state index contributed by atoms with van der Waals surface area (Å²) < 4.78 is 0. The number of rotatable bonds is 7. The van der Waals surface area contributed by atoms with Crippen molar-refractivity contribution in [3.63, 3.8) is 0 Å². The third kappa shape index (κ3) is 9.40. The Morgan fingerprint density at radius 1 is 1.26 bits per heavy atom. The zero-order chi connectivity index (χ0) is 12.5. The fourth-order valence-corrected chi connectivity index (χ4v) is 1.53. The maximum absolute atomic E-state index is 11.4. The van der Waals surface area contributed by atoms with Gasteiger partial charge in [0, 0.05) is 18.7 Å². The van der Waals surface area contributed by atoms with Gasteiger partial charge in [-0.25, -0.2) is 0 Å². The molecule has 1 aromatic rings. The number of hydrogen-bond donors (Lipinski definition) is 2. The summed E-state index contributed by atoms with van der Waals surface area (Å²) in [7, 11) is 0. The van der Waals surface area contributed by atoms with E-state index >= 15 is 0 Å². The molecule has 0 fully saturated rings. The maximum Gasteiger partial charge on any atom is 0.220 e. The number of allylic oxidation sites excluding steroid dienone is 1. The summed E-state index contributed by atoms with van der Waals surface area (Å²) in [6, 6.07) is 7.72. The van der Waals surface area contributed by atoms with Gasteiger partial charge in [0.25, 0.3) is 0 Å². The van der Waals surface area contributed by atoms with Gasteiger partial charge in [-0.1, -0.05) is 18.2 Å². The number of carbonyl (C=O) groups excluding carboxylic acids is 1. The summed E-state index contributed by atoms with van der Waals surface area (Å²) in [6.45, 7) is 4.30. The van der Waals surface area contributed by atoms with Crippen LogP contribution in [0.15, 0.2) is 36.9 Å². The molecular formula is C14H22Cl2N2O. The number of nitrogen functional groups attached to an aromatic ring is 1. The molecule has 5 heteroatoms. The summed E-state index contributed by atoms with van der Waals surface area (Å²) in [4.78, 5) is 11.4. The molecule has 0 spiro atoms. The first kappa shape index (κ1) is 20.1. The third-order valence-corrected chi connectivity index (χ3v) is 2.53. The van der Waals surface area contributed by atoms with E-state index in [2.05, 4.69) is 11.9 Å². The van der Waals surface area contributed by atoms with Gasteiger partial charge in [0.2, 0.25) is 5.91 Å². The Morgan fingerprint density at radius 2 is 1.89 bits per heavy atom. The normalized spacial score (nSPS) is 8.84. The van der Waals surface area contributed by atoms with Crippen molar-refractivity contribution in [3.05, 3.63) is 42.5 Å². The number of nitrogens with two attached hydrogens (primary N) is 1. The van der Waals surface area contributed by atoms with Crippen molar-refractivity contribution in [1.82, 2.24) is 5.32 Å². The molecule has 19 heavy (non-hydrogen) atoms. The zero-order valence-corrected chi connectivity index (χ0v) is 12.6. The van der Waals surface area contributed by atoms with E-state index in [1.165, 1.54) is 5.56 Å². The second-order valence-corrected chi connectivity index (χ2v) is 4.02. The quantitative estimate of drug-likeness (QED) is 0.462. The predicted octanol–water partition coefficient (Wildman–Crippen LogP) is 3.13. The van der Waals surface area contributed by atoms with Crippen LogP contribution in [-0.4, -0.2) is 12.5 Å². The molecule has 0 atom stereocenters. The van der Waals surface area contributed by atoms with Crippen LogP contribution in [0.1, 0.15) is 24.8 Å². The molecule has 0 aliphatic heterocycles. The molecule has 0 unspecified atom stereocenters. The standard InChI is InChI=1S/C14H20N2O.2ClH/c1-2-3-4-5-14(17)16-11-10-12-6-8-13(15)9-7-12;;/h2,6-9H,1,3-5,10-11,15H2,(H,16,17);2*1H. The molecule has 3 nitrogen and oxygen atoms in total. The van der Waals surface area contributed by atoms with Crippen LogP contribution in [0.2, 0.25) is 0 Å². The Hall–Kier alpha value is -1.19. The summed E-state index contributed by atoms with van der Waals surface area (Å²) >= 11 is 0. The second-order valence-electron chi connectivity index (χ2n) is 4.02. The number of unbranched alkanes of at least 4 members (excludes halogenated alkanes) is 1. The molecule has 0 saturated carbocycles. The van der Waals surface area contributed by atoms with Crippen molar-refractivity contribution in [2.24, 2.45) is 0 Å². The fourth-order valence-electron chi connectivity index (χ4n) is 1.53. The lowest BCUT2D eigenvalue weighted by Crippen LogP contribution is -2.25. The summed E-state index contributed by atoms with van der Waals surface area (Å²) in [5.41, 5.74) is 7.55. The smallest absolute Gasteiger partial charge is 0.220 e. The van der Waals surface area contributed by atoms with Crippen molar-refractivity contribution in [1.29, 1.82) is 0 Å². The largest absolute Gasteiger partial charge is 0.399 e. The molecule has 0 radical (unpaired) electrons. The predicted molar refractivity (Wildman–Crippen MR) is 86.1 cm³/mol. The minimum absolute atomic E-state index is 0. The Morgan fingerprint density at radius 3 is 2.47 bits per heavy atom. The number of halogens is 2. The lowest BCUT2D eigenvalue weighted by molar-refractivity contribution is -0.121. The van der Waals surface area contributed by atoms with Crippen LogP contribution in [0.3, 0.4) is 0 Å². The van der Waals surface area contributed by atoms with Gasteiger partial charge in [0.1, 0.15) is 0 Å². The molecule has 0 saturated heterocycles. The average molecular weight is 305 g/mol. The van der Waals surface area contributed by atoms with Gasteiger partial charge in [0.05, 0.1) is 0 Å². The number of hydrogen-bond acceptors (Lipinski definition) is 2. The van der Waals surface area contributed by atoms with Crippen LogP contribution in [0.4, 0.5) is 5.69 Å². The topological polar surface area (TPSA) is 55.1 Å². The highest BCUT2D eigenvalue weighted by atomic mass is 35.5. The van der Waals surface area contributed by atoms with E-state index in [4.69, 9.17) is 5.73 Å². The van der Waals surface area contributed by atoms with Gasteiger partial charge in [-0.3, -0.25) is 4.79 Å². The summed E-state index contributed by atoms with van der Waals surface area (Å²) in [5, 5.41) is 2.90. The summed E-state index contributed by atoms with van der Waals surface area (Å²) in [6.07, 6.45) is 5.02. The average Bonchev–Trinajstić information content (AvgIpc) is 2.32. The Bertz CT molecular complexity index is 366. The lowest BCUT2D eigenvalue weighted by atomic mass is 10.1. The van der Waals surface area contributed by atoms with Crippen molar-refractivity contribution < 1.29 is 4.79 Å². The van der Waals surface area contributed by atoms with E-state index in [1.807, 2.05) is 30.3 Å². The van der Waals surface area contributed by atoms with Crippen LogP contribution >= 0.6 is 24.8 Å². The van der Waals surface area contributed by atoms with Gasteiger partial charge in [-0.05, 0) is 37.0 Å². The molecular weight excluding hydrogens is 283 g/mol. The Kier molecular flexibility index (Phi) is 12.6. The van der Waals surface area contributed by atoms with E-state index < -0.39 is 0 Å². The van der Waals surface area contributed by atoms with Crippen molar-refractivity contribution in [3.8, 4) is 0 Å². The van der Waals surface area contributed by atoms with E-state index in [-0.39, 0.29) is 30.7 Å². The van der Waals surface area contributed by atoms with Gasteiger partial charge in [-0.2, -0.15) is 0 Å². The molecule has 0 bridgehead atoms. The minimum atomic E-state index is 0. The molecule has 3 N–H and O–H groups in total. The molecule has 0 aliphatic rings. The Balaban J connectivity index is 0. The number of carbonyl (C=O) groups is 1. The molecule has 1 amide bonds. The van der Waals surface area contributed by atoms with Crippen LogP contribution in [0.25, 0.3) is 0 Å². The molecule has 1 aromatic carbocycles. The van der Waals surface area contributed by atoms with Crippen molar-refractivity contribution >= 4 is 36.4 Å². The highest BCUT2D eigenvalue weighted by molar-refractivity contribution is 5.85. The third-order valence-electron chi connectivity index (χ3n) is 2.53. The highest BCUT2D eigenvalue weighted by Gasteiger charge is 1.99. The second kappa shape index (κ2) is 11.9. The number of nitrogens with one attached hydrogen (secondary N) is 1. The maximum atomic E-state index is 11.4. The van der Waals surface area contributed by atoms with Gasteiger partial charge in [-0.15, -0.1) is 31.4 Å². The number of amides is 1. The van der Waals surface area contributed by atoms with E-state index in [0.717, 1.165) is 24.9 Å². The first-order valence-corrected chi connectivity index (χ1v) is 5.94. The Labute approximate surface area is 127 Å². The van der Waals surface area contributed by atoms with Gasteiger partial charge >= 0.3 is 0 Å². The zero-order valence-electron chi connectivity index (χ0n) is 10.9. The minimum Gasteiger partial charge on any atom is -0.399 e. The van der Waals surface area contributed by atoms with Crippen molar-refractivity contribution in [2.75, 3.05) is 12.3 Å². The fraction of sp³-hybridized carbons (Fsp3) is 0.357. The first-order chi connectivity index (χ1) is 8.22. The van der Waals surface area contributed by atoms with E-state index in [1.54, 1.807) is 0 Å². The van der Waals surface area contributed by atoms with Crippen LogP contribution in [0.5, 0.6) is 0 Å².